The van der Waals surface area contributed by atoms with Gasteiger partial charge in [-0.3, -0.25) is 4.90 Å². The second kappa shape index (κ2) is 8.41. The Hall–Kier alpha value is -1.91. The zero-order valence-corrected chi connectivity index (χ0v) is 16.8. The maximum absolute atomic E-state index is 14.4. The smallest absolute Gasteiger partial charge is 0.137 e. The average molecular weight is 484 g/mol. The molecule has 0 bridgehead atoms. The zero-order chi connectivity index (χ0) is 19.4. The second-order valence-electron chi connectivity index (χ2n) is 6.55. The Kier molecular flexibility index (Phi) is 6.18. The Morgan fingerprint density at radius 2 is 1.93 bits per heavy atom. The monoisotopic (exact) mass is 484 g/mol. The molecule has 1 heterocycles. The second-order valence-corrected chi connectivity index (χ2v) is 7.79. The SMILES string of the molecule is CN(Cc1ccc(I)cc1)C[C@@](O)(Cn1cncn1)c1ccc(F)cc1F. The quantitative estimate of drug-likeness (QED) is 0.524. The molecule has 0 fully saturated rings. The lowest BCUT2D eigenvalue weighted by Crippen LogP contribution is -2.43. The van der Waals surface area contributed by atoms with Crippen LogP contribution in [0.1, 0.15) is 11.1 Å². The summed E-state index contributed by atoms with van der Waals surface area (Å²) >= 11 is 2.24. The first-order valence-corrected chi connectivity index (χ1v) is 9.37. The Labute approximate surface area is 169 Å². The Balaban J connectivity index is 1.85. The van der Waals surface area contributed by atoms with Gasteiger partial charge < -0.3 is 5.11 Å². The van der Waals surface area contributed by atoms with Crippen LogP contribution < -0.4 is 0 Å². The molecule has 0 spiro atoms. The van der Waals surface area contributed by atoms with Gasteiger partial charge in [0.2, 0.25) is 0 Å². The summed E-state index contributed by atoms with van der Waals surface area (Å²) in [5.74, 6) is -1.48. The number of nitrogens with zero attached hydrogens (tertiary/aromatic N) is 4. The summed E-state index contributed by atoms with van der Waals surface area (Å²) in [5.41, 5.74) is -0.516. The number of likely N-dealkylation sites (N-methyl/N-ethyl adjacent to an activating group) is 1. The summed E-state index contributed by atoms with van der Waals surface area (Å²) in [5, 5.41) is 15.3. The molecule has 27 heavy (non-hydrogen) atoms. The molecule has 0 aliphatic rings. The molecule has 3 aromatic rings. The molecule has 2 aromatic carbocycles. The molecule has 0 aliphatic heterocycles. The number of aliphatic hydroxyl groups is 1. The van der Waals surface area contributed by atoms with E-state index in [1.807, 2.05) is 36.2 Å². The van der Waals surface area contributed by atoms with Gasteiger partial charge in [-0.15, -0.1) is 0 Å². The van der Waals surface area contributed by atoms with Crippen molar-refractivity contribution in [2.45, 2.75) is 18.7 Å². The summed E-state index contributed by atoms with van der Waals surface area (Å²) in [4.78, 5) is 5.76. The van der Waals surface area contributed by atoms with E-state index in [9.17, 15) is 13.9 Å². The van der Waals surface area contributed by atoms with Gasteiger partial charge in [-0.1, -0.05) is 18.2 Å². The first-order chi connectivity index (χ1) is 12.9. The van der Waals surface area contributed by atoms with E-state index < -0.39 is 17.2 Å². The molecule has 142 valence electrons. The van der Waals surface area contributed by atoms with Gasteiger partial charge in [0.05, 0.1) is 6.54 Å². The maximum atomic E-state index is 14.4. The van der Waals surface area contributed by atoms with Crippen molar-refractivity contribution in [3.05, 3.63) is 81.5 Å². The molecule has 0 saturated heterocycles. The largest absolute Gasteiger partial charge is 0.382 e. The van der Waals surface area contributed by atoms with Gasteiger partial charge >= 0.3 is 0 Å². The van der Waals surface area contributed by atoms with Crippen molar-refractivity contribution in [1.29, 1.82) is 0 Å². The molecule has 8 heteroatoms. The minimum Gasteiger partial charge on any atom is -0.382 e. The molecular weight excluding hydrogens is 465 g/mol. The normalized spacial score (nSPS) is 13.7. The molecule has 5 nitrogen and oxygen atoms in total. The molecule has 0 aliphatic carbocycles. The molecule has 0 saturated carbocycles. The molecule has 0 radical (unpaired) electrons. The highest BCUT2D eigenvalue weighted by Crippen LogP contribution is 2.28. The summed E-state index contributed by atoms with van der Waals surface area (Å²) < 4.78 is 30.3. The average Bonchev–Trinajstić information content (AvgIpc) is 3.09. The van der Waals surface area contributed by atoms with E-state index in [1.54, 1.807) is 0 Å². The Bertz CT molecular complexity index is 889. The fourth-order valence-corrected chi connectivity index (χ4v) is 3.43. The minimum atomic E-state index is -1.61. The van der Waals surface area contributed by atoms with Crippen molar-refractivity contribution in [3.8, 4) is 0 Å². The van der Waals surface area contributed by atoms with E-state index in [2.05, 4.69) is 32.7 Å². The first-order valence-electron chi connectivity index (χ1n) is 8.29. The van der Waals surface area contributed by atoms with Gasteiger partial charge in [0, 0.05) is 28.3 Å². The van der Waals surface area contributed by atoms with Crippen molar-refractivity contribution in [1.82, 2.24) is 19.7 Å². The molecule has 0 amide bonds. The van der Waals surface area contributed by atoms with E-state index in [4.69, 9.17) is 0 Å². The summed E-state index contributed by atoms with van der Waals surface area (Å²) in [6.45, 7) is 0.688. The third kappa shape index (κ3) is 5.08. The van der Waals surface area contributed by atoms with E-state index >= 15 is 0 Å². The van der Waals surface area contributed by atoms with E-state index in [-0.39, 0.29) is 18.7 Å². The van der Waals surface area contributed by atoms with Gasteiger partial charge in [-0.2, -0.15) is 5.10 Å². The van der Waals surface area contributed by atoms with Crippen LogP contribution >= 0.6 is 22.6 Å². The number of aromatic nitrogens is 3. The lowest BCUT2D eigenvalue weighted by atomic mass is 9.92. The zero-order valence-electron chi connectivity index (χ0n) is 14.7. The summed E-state index contributed by atoms with van der Waals surface area (Å²) in [6.07, 6.45) is 2.79. The van der Waals surface area contributed by atoms with Crippen molar-refractivity contribution in [3.63, 3.8) is 0 Å². The van der Waals surface area contributed by atoms with Crippen LogP contribution in [0.15, 0.2) is 55.1 Å². The van der Waals surface area contributed by atoms with Crippen molar-refractivity contribution < 1.29 is 13.9 Å². The predicted octanol–water partition coefficient (Wildman–Crippen LogP) is 3.18. The van der Waals surface area contributed by atoms with Crippen LogP contribution in [0, 0.1) is 15.2 Å². The topological polar surface area (TPSA) is 54.2 Å². The highest BCUT2D eigenvalue weighted by Gasteiger charge is 2.34. The van der Waals surface area contributed by atoms with Crippen LogP contribution in [0.5, 0.6) is 0 Å². The van der Waals surface area contributed by atoms with Gasteiger partial charge in [0.15, 0.2) is 0 Å². The fourth-order valence-electron chi connectivity index (χ4n) is 3.07. The number of hydrogen-bond donors (Lipinski definition) is 1. The van der Waals surface area contributed by atoms with Crippen LogP contribution in [-0.4, -0.2) is 38.4 Å². The molecule has 1 atom stereocenters. The number of halogens is 3. The highest BCUT2D eigenvalue weighted by atomic mass is 127. The van der Waals surface area contributed by atoms with Crippen LogP contribution in [0.3, 0.4) is 0 Å². The standard InChI is InChI=1S/C19H19F2IN4O/c1-25(9-14-2-5-16(22)6-3-14)10-19(27,11-26-13-23-12-24-26)17-7-4-15(20)8-18(17)21/h2-8,12-13,27H,9-11H2,1H3/t19-/m1/s1. The number of benzene rings is 2. The van der Waals surface area contributed by atoms with E-state index in [1.165, 1.54) is 23.4 Å². The van der Waals surface area contributed by atoms with Crippen LogP contribution in [0.25, 0.3) is 0 Å². The lowest BCUT2D eigenvalue weighted by molar-refractivity contribution is -0.0175. The number of rotatable bonds is 7. The molecule has 3 rings (SSSR count). The van der Waals surface area contributed by atoms with Crippen molar-refractivity contribution in [2.75, 3.05) is 13.6 Å². The van der Waals surface area contributed by atoms with E-state index in [0.717, 1.165) is 21.3 Å². The maximum Gasteiger partial charge on any atom is 0.137 e. The van der Waals surface area contributed by atoms with E-state index in [0.29, 0.717) is 6.54 Å². The van der Waals surface area contributed by atoms with Gasteiger partial charge in [-0.05, 0) is 53.4 Å². The third-order valence-electron chi connectivity index (χ3n) is 4.22. The van der Waals surface area contributed by atoms with Crippen LogP contribution in [0.2, 0.25) is 0 Å². The minimum absolute atomic E-state index is 0.00736. The lowest BCUT2D eigenvalue weighted by Gasteiger charge is -2.33. The molecule has 1 aromatic heterocycles. The first kappa shape index (κ1) is 19.8. The Morgan fingerprint density at radius 1 is 1.19 bits per heavy atom. The molecule has 1 N–H and O–H groups in total. The van der Waals surface area contributed by atoms with Crippen molar-refractivity contribution in [2.24, 2.45) is 0 Å². The molecule has 0 unspecified atom stereocenters. The summed E-state index contributed by atoms with van der Waals surface area (Å²) in [7, 11) is 1.84. The highest BCUT2D eigenvalue weighted by molar-refractivity contribution is 14.1. The van der Waals surface area contributed by atoms with Gasteiger partial charge in [-0.25, -0.2) is 18.4 Å². The predicted molar refractivity (Wildman–Crippen MR) is 106 cm³/mol. The molecular formula is C19H19F2IN4O. The summed E-state index contributed by atoms with van der Waals surface area (Å²) in [6, 6.07) is 11.2. The Morgan fingerprint density at radius 3 is 2.56 bits per heavy atom. The third-order valence-corrected chi connectivity index (χ3v) is 4.94. The number of hydrogen-bond acceptors (Lipinski definition) is 4. The van der Waals surface area contributed by atoms with Gasteiger partial charge in [0.25, 0.3) is 0 Å². The van der Waals surface area contributed by atoms with Crippen molar-refractivity contribution >= 4 is 22.6 Å². The van der Waals surface area contributed by atoms with Crippen LogP contribution in [0.4, 0.5) is 8.78 Å². The van der Waals surface area contributed by atoms with Gasteiger partial charge in [0.1, 0.15) is 29.9 Å². The van der Waals surface area contributed by atoms with Crippen LogP contribution in [-0.2, 0) is 18.7 Å². The fraction of sp³-hybridized carbons (Fsp3) is 0.263.